The molecular formula is C25H27FN6O5. The number of fused-ring (bicyclic) bond motifs is 1. The molecule has 37 heavy (non-hydrogen) atoms. The van der Waals surface area contributed by atoms with Crippen LogP contribution in [0.25, 0.3) is 11.0 Å². The predicted octanol–water partition coefficient (Wildman–Crippen LogP) is 3.63. The molecule has 2 fully saturated rings. The largest absolute Gasteiger partial charge is 0.444 e. The first-order chi connectivity index (χ1) is 17.8. The highest BCUT2D eigenvalue weighted by atomic mass is 19.1. The number of non-ortho nitro benzene ring substituents is 1. The van der Waals surface area contributed by atoms with Gasteiger partial charge < -0.3 is 19.4 Å². The first-order valence-corrected chi connectivity index (χ1v) is 12.1. The zero-order valence-corrected chi connectivity index (χ0v) is 20.4. The second-order valence-electron chi connectivity index (χ2n) is 9.40. The molecular weight excluding hydrogens is 483 g/mol. The summed E-state index contributed by atoms with van der Waals surface area (Å²) in [6, 6.07) is 9.29. The second-order valence-corrected chi connectivity index (χ2v) is 9.40. The molecule has 2 saturated heterocycles. The van der Waals surface area contributed by atoms with E-state index in [9.17, 15) is 19.7 Å². The van der Waals surface area contributed by atoms with E-state index in [-0.39, 0.29) is 17.6 Å². The summed E-state index contributed by atoms with van der Waals surface area (Å²) < 4.78 is 20.4. The third-order valence-corrected chi connectivity index (χ3v) is 6.75. The van der Waals surface area contributed by atoms with Gasteiger partial charge in [0.2, 0.25) is 0 Å². The standard InChI is InChI=1S/C25H27FN6O5/c1-16(33)2-5-19-14-31(25(34)37-19)17-4-7-23(20(26)12-17)30-10-8-29(9-11-30)15-24-27-21-6-3-18(32(35)36)13-22(21)28-24/h3-4,6-7,12-13,19H,2,5,8-11,14-15H2,1H3,(H,27,28)/t19-/m0/s1. The van der Waals surface area contributed by atoms with Crippen molar-refractivity contribution in [3.05, 3.63) is 58.2 Å². The van der Waals surface area contributed by atoms with Crippen molar-refractivity contribution >= 4 is 40.0 Å². The summed E-state index contributed by atoms with van der Waals surface area (Å²) in [6.45, 7) is 4.94. The third kappa shape index (κ3) is 5.38. The van der Waals surface area contributed by atoms with Crippen molar-refractivity contribution in [2.75, 3.05) is 42.5 Å². The van der Waals surface area contributed by atoms with Crippen LogP contribution in [0.4, 0.5) is 26.2 Å². The molecule has 3 heterocycles. The number of hydrogen-bond donors (Lipinski definition) is 1. The summed E-state index contributed by atoms with van der Waals surface area (Å²) in [4.78, 5) is 47.3. The number of carbonyl (C=O) groups excluding carboxylic acids is 2. The number of cyclic esters (lactones) is 1. The van der Waals surface area contributed by atoms with Gasteiger partial charge in [-0.2, -0.15) is 0 Å². The number of carbonyl (C=O) groups is 2. The lowest BCUT2D eigenvalue weighted by Gasteiger charge is -2.36. The summed E-state index contributed by atoms with van der Waals surface area (Å²) in [5.74, 6) is 0.345. The van der Waals surface area contributed by atoms with E-state index in [1.165, 1.54) is 30.0 Å². The smallest absolute Gasteiger partial charge is 0.414 e. The van der Waals surface area contributed by atoms with Gasteiger partial charge in [-0.15, -0.1) is 0 Å². The monoisotopic (exact) mass is 510 g/mol. The molecule has 11 nitrogen and oxygen atoms in total. The molecule has 2 aromatic carbocycles. The minimum absolute atomic E-state index is 0.0128. The van der Waals surface area contributed by atoms with Gasteiger partial charge in [0.25, 0.3) is 5.69 Å². The van der Waals surface area contributed by atoms with Gasteiger partial charge in [0.05, 0.1) is 40.4 Å². The average molecular weight is 511 g/mol. The zero-order valence-electron chi connectivity index (χ0n) is 20.4. The molecule has 3 aromatic rings. The Labute approximate surface area is 212 Å². The number of nitrogens with one attached hydrogen (secondary N) is 1. The fourth-order valence-electron chi connectivity index (χ4n) is 4.76. The Morgan fingerprint density at radius 1 is 1.22 bits per heavy atom. The molecule has 2 aliphatic rings. The number of ether oxygens (including phenoxy) is 1. The number of anilines is 2. The van der Waals surface area contributed by atoms with E-state index in [4.69, 9.17) is 4.74 Å². The number of amides is 1. The van der Waals surface area contributed by atoms with Gasteiger partial charge in [0.1, 0.15) is 23.5 Å². The Kier molecular flexibility index (Phi) is 6.74. The SMILES string of the molecule is CC(=O)CC[C@H]1CN(c2ccc(N3CCN(Cc4nc5ccc([N+](=O)[O-])cc5[nH]4)CC3)c(F)c2)C(=O)O1. The van der Waals surface area contributed by atoms with Crippen LogP contribution in [-0.2, 0) is 16.1 Å². The Bertz CT molecular complexity index is 1350. The first kappa shape index (κ1) is 24.6. The van der Waals surface area contributed by atoms with Crippen LogP contribution < -0.4 is 9.80 Å². The lowest BCUT2D eigenvalue weighted by atomic mass is 10.1. The summed E-state index contributed by atoms with van der Waals surface area (Å²) >= 11 is 0. The van der Waals surface area contributed by atoms with Crippen LogP contribution in [0.2, 0.25) is 0 Å². The van der Waals surface area contributed by atoms with Crippen LogP contribution in [0.5, 0.6) is 0 Å². The number of halogens is 1. The molecule has 12 heteroatoms. The number of nitrogens with zero attached hydrogens (tertiary/aromatic N) is 5. The van der Waals surface area contributed by atoms with Gasteiger partial charge in [-0.25, -0.2) is 14.2 Å². The van der Waals surface area contributed by atoms with Gasteiger partial charge in [-0.1, -0.05) is 0 Å². The van der Waals surface area contributed by atoms with Crippen molar-refractivity contribution in [3.63, 3.8) is 0 Å². The number of nitro benzene ring substituents is 1. The van der Waals surface area contributed by atoms with Crippen LogP contribution in [0.15, 0.2) is 36.4 Å². The molecule has 0 spiro atoms. The van der Waals surface area contributed by atoms with Crippen LogP contribution in [0.3, 0.4) is 0 Å². The fraction of sp³-hybridized carbons (Fsp3) is 0.400. The van der Waals surface area contributed by atoms with Gasteiger partial charge >= 0.3 is 6.09 Å². The maximum atomic E-state index is 15.1. The van der Waals surface area contributed by atoms with Gasteiger partial charge in [-0.05, 0) is 37.6 Å². The average Bonchev–Trinajstić information content (AvgIpc) is 3.45. The molecule has 0 saturated carbocycles. The van der Waals surface area contributed by atoms with E-state index in [1.54, 1.807) is 18.2 Å². The number of piperazine rings is 1. The van der Waals surface area contributed by atoms with Crippen molar-refractivity contribution in [1.29, 1.82) is 0 Å². The molecule has 2 aliphatic heterocycles. The quantitative estimate of drug-likeness (QED) is 0.360. The number of benzene rings is 2. The molecule has 0 aliphatic carbocycles. The van der Waals surface area contributed by atoms with E-state index < -0.39 is 16.8 Å². The summed E-state index contributed by atoms with van der Waals surface area (Å²) in [7, 11) is 0. The molecule has 1 aromatic heterocycles. The van der Waals surface area contributed by atoms with Crippen LogP contribution >= 0.6 is 0 Å². The van der Waals surface area contributed by atoms with Crippen molar-refractivity contribution in [3.8, 4) is 0 Å². The van der Waals surface area contributed by atoms with E-state index in [2.05, 4.69) is 14.9 Å². The number of H-pyrrole nitrogens is 1. The molecule has 0 bridgehead atoms. The Hall–Kier alpha value is -4.06. The second kappa shape index (κ2) is 10.1. The van der Waals surface area contributed by atoms with Gasteiger partial charge in [0.15, 0.2) is 0 Å². The fourth-order valence-corrected chi connectivity index (χ4v) is 4.76. The Morgan fingerprint density at radius 3 is 2.70 bits per heavy atom. The molecule has 194 valence electrons. The number of ketones is 1. The van der Waals surface area contributed by atoms with E-state index in [0.717, 1.165) is 5.82 Å². The van der Waals surface area contributed by atoms with Gasteiger partial charge in [-0.3, -0.25) is 19.9 Å². The molecule has 1 amide bonds. The number of aromatic nitrogens is 2. The van der Waals surface area contributed by atoms with Gasteiger partial charge in [0, 0.05) is 44.7 Å². The lowest BCUT2D eigenvalue weighted by molar-refractivity contribution is -0.384. The van der Waals surface area contributed by atoms with Crippen molar-refractivity contribution in [2.24, 2.45) is 0 Å². The number of hydrogen-bond acceptors (Lipinski definition) is 8. The van der Waals surface area contributed by atoms with Crippen LogP contribution in [-0.4, -0.2) is 70.5 Å². The van der Waals surface area contributed by atoms with E-state index in [0.29, 0.717) is 74.5 Å². The molecule has 1 N–H and O–H groups in total. The van der Waals surface area contributed by atoms with Crippen molar-refractivity contribution < 1.29 is 23.6 Å². The van der Waals surface area contributed by atoms with E-state index >= 15 is 4.39 Å². The maximum absolute atomic E-state index is 15.1. The van der Waals surface area contributed by atoms with Crippen LogP contribution in [0.1, 0.15) is 25.6 Å². The Morgan fingerprint density at radius 2 is 2.00 bits per heavy atom. The maximum Gasteiger partial charge on any atom is 0.414 e. The first-order valence-electron chi connectivity index (χ1n) is 12.1. The number of nitro groups is 1. The van der Waals surface area contributed by atoms with E-state index in [1.807, 2.05) is 4.90 Å². The highest BCUT2D eigenvalue weighted by Crippen LogP contribution is 2.29. The summed E-state index contributed by atoms with van der Waals surface area (Å²) in [6.07, 6.45) is -0.121. The van der Waals surface area contributed by atoms with Crippen molar-refractivity contribution in [1.82, 2.24) is 14.9 Å². The Balaban J connectivity index is 1.18. The minimum atomic E-state index is -0.533. The molecule has 0 radical (unpaired) electrons. The highest BCUT2D eigenvalue weighted by molar-refractivity contribution is 5.90. The predicted molar refractivity (Wildman–Crippen MR) is 134 cm³/mol. The number of Topliss-reactive ketones (excluding diaryl/α,β-unsaturated/α-hetero) is 1. The number of imidazole rings is 1. The molecule has 0 unspecified atom stereocenters. The zero-order chi connectivity index (χ0) is 26.1. The lowest BCUT2D eigenvalue weighted by Crippen LogP contribution is -2.46. The summed E-state index contributed by atoms with van der Waals surface area (Å²) in [5, 5.41) is 11.0. The number of aromatic amines is 1. The highest BCUT2D eigenvalue weighted by Gasteiger charge is 2.33. The summed E-state index contributed by atoms with van der Waals surface area (Å²) in [5.41, 5.74) is 2.21. The molecule has 5 rings (SSSR count). The van der Waals surface area contributed by atoms with Crippen molar-refractivity contribution in [2.45, 2.75) is 32.4 Å². The third-order valence-electron chi connectivity index (χ3n) is 6.75. The topological polar surface area (TPSA) is 125 Å². The normalized spacial score (nSPS) is 18.4. The minimum Gasteiger partial charge on any atom is -0.444 e. The van der Waals surface area contributed by atoms with Crippen LogP contribution in [0, 0.1) is 15.9 Å². The number of rotatable bonds is 8. The molecule has 1 atom stereocenters.